The fraction of sp³-hybridized carbons (Fsp3) is 0.263. The van der Waals surface area contributed by atoms with E-state index in [1.807, 2.05) is 31.2 Å². The zero-order valence-corrected chi connectivity index (χ0v) is 16.6. The summed E-state index contributed by atoms with van der Waals surface area (Å²) in [6.07, 6.45) is 0. The molecule has 0 spiro atoms. The molecule has 0 amide bonds. The van der Waals surface area contributed by atoms with E-state index in [2.05, 4.69) is 14.9 Å². The van der Waals surface area contributed by atoms with Crippen molar-refractivity contribution in [3.05, 3.63) is 53.9 Å². The molecule has 1 N–H and O–H groups in total. The Morgan fingerprint density at radius 1 is 1.14 bits per heavy atom. The first-order valence-electron chi connectivity index (χ1n) is 8.63. The molecule has 1 heterocycles. The third kappa shape index (κ3) is 4.49. The number of nitrogens with one attached hydrogen (secondary N) is 1. The van der Waals surface area contributed by atoms with Crippen molar-refractivity contribution < 1.29 is 22.4 Å². The van der Waals surface area contributed by atoms with Gasteiger partial charge in [-0.1, -0.05) is 5.16 Å². The SMILES string of the molecule is CCOc1ccc(-c2noc(CNS(=O)(=O)c3ccc(OC)c(C)c3)n2)cc1. The molecule has 2 aromatic carbocycles. The first-order valence-corrected chi connectivity index (χ1v) is 10.1. The van der Waals surface area contributed by atoms with Crippen molar-refractivity contribution in [2.24, 2.45) is 0 Å². The lowest BCUT2D eigenvalue weighted by Gasteiger charge is -2.08. The maximum atomic E-state index is 12.5. The van der Waals surface area contributed by atoms with E-state index in [1.165, 1.54) is 13.2 Å². The first-order chi connectivity index (χ1) is 13.4. The van der Waals surface area contributed by atoms with E-state index in [-0.39, 0.29) is 17.3 Å². The molecule has 0 bridgehead atoms. The predicted molar refractivity (Wildman–Crippen MR) is 103 cm³/mol. The first kappa shape index (κ1) is 19.8. The van der Waals surface area contributed by atoms with E-state index in [4.69, 9.17) is 14.0 Å². The Balaban J connectivity index is 1.69. The molecular weight excluding hydrogens is 382 g/mol. The highest BCUT2D eigenvalue weighted by Crippen LogP contribution is 2.22. The molecule has 3 rings (SSSR count). The summed E-state index contributed by atoms with van der Waals surface area (Å²) in [5, 5.41) is 3.89. The van der Waals surface area contributed by atoms with Crippen LogP contribution in [-0.2, 0) is 16.6 Å². The van der Waals surface area contributed by atoms with Gasteiger partial charge in [0, 0.05) is 5.56 Å². The summed E-state index contributed by atoms with van der Waals surface area (Å²) >= 11 is 0. The molecule has 28 heavy (non-hydrogen) atoms. The summed E-state index contributed by atoms with van der Waals surface area (Å²) < 4.78 is 43.1. The monoisotopic (exact) mass is 403 g/mol. The lowest BCUT2D eigenvalue weighted by atomic mass is 10.2. The third-order valence-corrected chi connectivity index (χ3v) is 5.38. The van der Waals surface area contributed by atoms with E-state index in [0.717, 1.165) is 16.9 Å². The maximum Gasteiger partial charge on any atom is 0.242 e. The van der Waals surface area contributed by atoms with Crippen LogP contribution in [0.25, 0.3) is 11.4 Å². The molecule has 0 aliphatic carbocycles. The van der Waals surface area contributed by atoms with Crippen LogP contribution in [0.1, 0.15) is 18.4 Å². The number of hydrogen-bond acceptors (Lipinski definition) is 7. The van der Waals surface area contributed by atoms with E-state index in [0.29, 0.717) is 18.2 Å². The van der Waals surface area contributed by atoms with Crippen LogP contribution in [0.2, 0.25) is 0 Å². The Bertz CT molecular complexity index is 1050. The zero-order chi connectivity index (χ0) is 20.1. The molecule has 0 atom stereocenters. The van der Waals surface area contributed by atoms with Crippen LogP contribution < -0.4 is 14.2 Å². The molecule has 3 aromatic rings. The second-order valence-corrected chi connectivity index (χ2v) is 7.69. The lowest BCUT2D eigenvalue weighted by molar-refractivity contribution is 0.340. The molecule has 9 heteroatoms. The number of sulfonamides is 1. The number of benzene rings is 2. The van der Waals surface area contributed by atoms with Gasteiger partial charge in [-0.25, -0.2) is 13.1 Å². The highest BCUT2D eigenvalue weighted by atomic mass is 32.2. The number of nitrogens with zero attached hydrogens (tertiary/aromatic N) is 2. The van der Waals surface area contributed by atoms with Crippen LogP contribution in [0.15, 0.2) is 51.9 Å². The van der Waals surface area contributed by atoms with Crippen molar-refractivity contribution in [3.8, 4) is 22.9 Å². The zero-order valence-electron chi connectivity index (χ0n) is 15.8. The highest BCUT2D eigenvalue weighted by Gasteiger charge is 2.17. The van der Waals surface area contributed by atoms with Crippen molar-refractivity contribution in [2.75, 3.05) is 13.7 Å². The molecule has 148 valence electrons. The molecule has 0 fully saturated rings. The highest BCUT2D eigenvalue weighted by molar-refractivity contribution is 7.89. The van der Waals surface area contributed by atoms with Crippen molar-refractivity contribution in [3.63, 3.8) is 0 Å². The standard InChI is InChI=1S/C19H21N3O5S/c1-4-26-15-7-5-14(6-8-15)19-21-18(27-22-19)12-20-28(23,24)16-9-10-17(25-3)13(2)11-16/h5-11,20H,4,12H2,1-3H3. The van der Waals surface area contributed by atoms with Crippen molar-refractivity contribution in [1.82, 2.24) is 14.9 Å². The largest absolute Gasteiger partial charge is 0.496 e. The van der Waals surface area contributed by atoms with Gasteiger partial charge < -0.3 is 14.0 Å². The number of rotatable bonds is 8. The minimum absolute atomic E-state index is 0.114. The van der Waals surface area contributed by atoms with Gasteiger partial charge in [0.25, 0.3) is 0 Å². The fourth-order valence-electron chi connectivity index (χ4n) is 2.57. The minimum atomic E-state index is -3.72. The quantitative estimate of drug-likeness (QED) is 0.617. The van der Waals surface area contributed by atoms with Crippen LogP contribution in [0, 0.1) is 6.92 Å². The number of aryl methyl sites for hydroxylation is 1. The van der Waals surface area contributed by atoms with Gasteiger partial charge in [-0.15, -0.1) is 0 Å². The molecule has 1 aromatic heterocycles. The molecule has 0 radical (unpaired) electrons. The normalized spacial score (nSPS) is 11.4. The van der Waals surface area contributed by atoms with Crippen molar-refractivity contribution in [2.45, 2.75) is 25.3 Å². The fourth-order valence-corrected chi connectivity index (χ4v) is 3.63. The van der Waals surface area contributed by atoms with E-state index < -0.39 is 10.0 Å². The van der Waals surface area contributed by atoms with Crippen LogP contribution in [0.5, 0.6) is 11.5 Å². The van der Waals surface area contributed by atoms with Crippen LogP contribution >= 0.6 is 0 Å². The van der Waals surface area contributed by atoms with Crippen molar-refractivity contribution in [1.29, 1.82) is 0 Å². The van der Waals surface area contributed by atoms with Gasteiger partial charge in [0.2, 0.25) is 21.7 Å². The van der Waals surface area contributed by atoms with Gasteiger partial charge in [0.1, 0.15) is 11.5 Å². The summed E-state index contributed by atoms with van der Waals surface area (Å²) in [5.74, 6) is 1.91. The number of methoxy groups -OCH3 is 1. The molecule has 0 saturated heterocycles. The van der Waals surface area contributed by atoms with Gasteiger partial charge in [0.05, 0.1) is 25.2 Å². The molecule has 0 saturated carbocycles. The number of ether oxygens (including phenoxy) is 2. The Kier molecular flexibility index (Phi) is 5.96. The molecule has 8 nitrogen and oxygen atoms in total. The summed E-state index contributed by atoms with van der Waals surface area (Å²) in [6.45, 7) is 4.16. The van der Waals surface area contributed by atoms with Gasteiger partial charge >= 0.3 is 0 Å². The molecule has 0 unspecified atom stereocenters. The maximum absolute atomic E-state index is 12.5. The average Bonchev–Trinajstić information content (AvgIpc) is 3.16. The minimum Gasteiger partial charge on any atom is -0.496 e. The summed E-state index contributed by atoms with van der Waals surface area (Å²) in [6, 6.07) is 11.9. The molecular formula is C19H21N3O5S. The number of hydrogen-bond donors (Lipinski definition) is 1. The Morgan fingerprint density at radius 3 is 2.54 bits per heavy atom. The second-order valence-electron chi connectivity index (χ2n) is 5.93. The van der Waals surface area contributed by atoms with Crippen LogP contribution in [0.4, 0.5) is 0 Å². The van der Waals surface area contributed by atoms with Crippen molar-refractivity contribution >= 4 is 10.0 Å². The van der Waals surface area contributed by atoms with Crippen LogP contribution in [-0.4, -0.2) is 32.3 Å². The van der Waals surface area contributed by atoms with Gasteiger partial charge in [-0.3, -0.25) is 0 Å². The Labute approximate surface area is 163 Å². The van der Waals surface area contributed by atoms with Gasteiger partial charge in [-0.2, -0.15) is 4.98 Å². The van der Waals surface area contributed by atoms with Gasteiger partial charge in [0.15, 0.2) is 0 Å². The molecule has 0 aliphatic rings. The Morgan fingerprint density at radius 2 is 1.89 bits per heavy atom. The summed E-state index contributed by atoms with van der Waals surface area (Å²) in [7, 11) is -2.19. The lowest BCUT2D eigenvalue weighted by Crippen LogP contribution is -2.23. The average molecular weight is 403 g/mol. The van der Waals surface area contributed by atoms with E-state index in [1.54, 1.807) is 19.1 Å². The predicted octanol–water partition coefficient (Wildman–Crippen LogP) is 2.93. The second kappa shape index (κ2) is 8.41. The molecule has 0 aliphatic heterocycles. The Hall–Kier alpha value is -2.91. The third-order valence-electron chi connectivity index (χ3n) is 3.98. The van der Waals surface area contributed by atoms with E-state index >= 15 is 0 Å². The van der Waals surface area contributed by atoms with Crippen LogP contribution in [0.3, 0.4) is 0 Å². The smallest absolute Gasteiger partial charge is 0.242 e. The number of aromatic nitrogens is 2. The van der Waals surface area contributed by atoms with E-state index in [9.17, 15) is 8.42 Å². The summed E-state index contributed by atoms with van der Waals surface area (Å²) in [5.41, 5.74) is 1.47. The topological polar surface area (TPSA) is 104 Å². The van der Waals surface area contributed by atoms with Gasteiger partial charge in [-0.05, 0) is 61.9 Å². The summed E-state index contributed by atoms with van der Waals surface area (Å²) in [4.78, 5) is 4.37.